The fourth-order valence-corrected chi connectivity index (χ4v) is 1.56. The molecule has 0 aromatic carbocycles. The number of ether oxygens (including phenoxy) is 1. The minimum atomic E-state index is -0.448. The van der Waals surface area contributed by atoms with Crippen molar-refractivity contribution in [3.05, 3.63) is 11.9 Å². The first-order valence-corrected chi connectivity index (χ1v) is 6.78. The maximum atomic E-state index is 11.7. The van der Waals surface area contributed by atoms with Gasteiger partial charge in [0.25, 0.3) is 0 Å². The van der Waals surface area contributed by atoms with Crippen molar-refractivity contribution in [3.63, 3.8) is 0 Å². The molecule has 1 heterocycles. The van der Waals surface area contributed by atoms with Crippen LogP contribution in [0.2, 0.25) is 0 Å². The Bertz CT molecular complexity index is 425. The van der Waals surface area contributed by atoms with Crippen LogP contribution in [0, 0.1) is 0 Å². The number of amides is 1. The van der Waals surface area contributed by atoms with Crippen molar-refractivity contribution < 1.29 is 9.53 Å². The van der Waals surface area contributed by atoms with E-state index in [4.69, 9.17) is 4.74 Å². The zero-order chi connectivity index (χ0) is 15.2. The highest BCUT2D eigenvalue weighted by atomic mass is 16.6. The number of rotatable bonds is 6. The molecule has 0 aliphatic heterocycles. The molecule has 0 fully saturated rings. The average Bonchev–Trinajstić information content (AvgIpc) is 2.72. The largest absolute Gasteiger partial charge is 0.444 e. The lowest BCUT2D eigenvalue weighted by atomic mass is 10.2. The van der Waals surface area contributed by atoms with Gasteiger partial charge in [0.2, 0.25) is 0 Å². The normalized spacial score (nSPS) is 11.4. The number of hydrogen-bond acceptors (Lipinski definition) is 5. The van der Waals surface area contributed by atoms with Gasteiger partial charge in [-0.25, -0.2) is 4.79 Å². The first-order chi connectivity index (χ1) is 9.29. The fraction of sp³-hybridized carbons (Fsp3) is 0.769. The summed E-state index contributed by atoms with van der Waals surface area (Å²) < 4.78 is 7.01. The second kappa shape index (κ2) is 7.23. The van der Waals surface area contributed by atoms with E-state index in [1.54, 1.807) is 22.8 Å². The Labute approximate surface area is 120 Å². The minimum absolute atomic E-state index is 0.284. The van der Waals surface area contributed by atoms with Crippen LogP contribution in [-0.4, -0.2) is 51.7 Å². The molecule has 114 valence electrons. The van der Waals surface area contributed by atoms with Gasteiger partial charge in [0, 0.05) is 27.2 Å². The summed E-state index contributed by atoms with van der Waals surface area (Å²) in [6.45, 7) is 7.79. The third-order valence-corrected chi connectivity index (χ3v) is 2.67. The van der Waals surface area contributed by atoms with Crippen molar-refractivity contribution in [2.45, 2.75) is 39.3 Å². The molecule has 20 heavy (non-hydrogen) atoms. The summed E-state index contributed by atoms with van der Waals surface area (Å²) in [7, 11) is 3.61. The summed E-state index contributed by atoms with van der Waals surface area (Å²) in [5.41, 5.74) is 0.585. The van der Waals surface area contributed by atoms with Crippen LogP contribution in [0.3, 0.4) is 0 Å². The van der Waals surface area contributed by atoms with Crippen molar-refractivity contribution in [2.24, 2.45) is 7.05 Å². The lowest BCUT2D eigenvalue weighted by Crippen LogP contribution is -2.35. The van der Waals surface area contributed by atoms with Crippen molar-refractivity contribution in [2.75, 3.05) is 20.1 Å². The maximum absolute atomic E-state index is 11.7. The highest BCUT2D eigenvalue weighted by Gasteiger charge is 2.18. The molecule has 1 amide bonds. The lowest BCUT2D eigenvalue weighted by molar-refractivity contribution is 0.0297. The molecule has 7 heteroatoms. The third-order valence-electron chi connectivity index (χ3n) is 2.67. The first kappa shape index (κ1) is 16.4. The van der Waals surface area contributed by atoms with Crippen molar-refractivity contribution in [1.29, 1.82) is 0 Å². The van der Waals surface area contributed by atoms with E-state index in [1.807, 2.05) is 27.8 Å². The zero-order valence-corrected chi connectivity index (χ0v) is 13.0. The van der Waals surface area contributed by atoms with E-state index in [-0.39, 0.29) is 6.09 Å². The van der Waals surface area contributed by atoms with Crippen LogP contribution in [0.15, 0.2) is 6.20 Å². The van der Waals surface area contributed by atoms with E-state index in [1.165, 1.54) is 0 Å². The van der Waals surface area contributed by atoms with Gasteiger partial charge in [-0.1, -0.05) is 5.21 Å². The standard InChI is InChI=1S/C13H25N5O2/c1-13(2,3)20-12(19)17(4)8-6-7-14-9-11-10-15-16-18(11)5/h10,14H,6-9H2,1-5H3. The second-order valence-electron chi connectivity index (χ2n) is 5.78. The van der Waals surface area contributed by atoms with Gasteiger partial charge in [0.15, 0.2) is 0 Å². The van der Waals surface area contributed by atoms with Crippen LogP contribution in [-0.2, 0) is 18.3 Å². The summed E-state index contributed by atoms with van der Waals surface area (Å²) >= 11 is 0. The molecule has 1 aromatic rings. The number of aryl methyl sites for hydroxylation is 1. The SMILES string of the molecule is CN(CCCNCc1cnnn1C)C(=O)OC(C)(C)C. The van der Waals surface area contributed by atoms with Crippen LogP contribution in [0.5, 0.6) is 0 Å². The molecular formula is C13H25N5O2. The molecule has 0 aliphatic rings. The highest BCUT2D eigenvalue weighted by Crippen LogP contribution is 2.09. The van der Waals surface area contributed by atoms with E-state index in [0.717, 1.165) is 25.2 Å². The Balaban J connectivity index is 2.14. The molecule has 0 radical (unpaired) electrons. The topological polar surface area (TPSA) is 72.3 Å². The van der Waals surface area contributed by atoms with Gasteiger partial charge in [-0.05, 0) is 33.7 Å². The Morgan fingerprint density at radius 1 is 1.50 bits per heavy atom. The Hall–Kier alpha value is -1.63. The number of nitrogens with one attached hydrogen (secondary N) is 1. The van der Waals surface area contributed by atoms with Crippen LogP contribution in [0.4, 0.5) is 4.79 Å². The molecule has 1 aromatic heterocycles. The zero-order valence-electron chi connectivity index (χ0n) is 13.0. The molecule has 1 N–H and O–H groups in total. The van der Waals surface area contributed by atoms with Crippen molar-refractivity contribution in [3.8, 4) is 0 Å². The van der Waals surface area contributed by atoms with E-state index in [2.05, 4.69) is 15.6 Å². The molecule has 0 saturated heterocycles. The number of nitrogens with zero attached hydrogens (tertiary/aromatic N) is 4. The quantitative estimate of drug-likeness (QED) is 0.793. The smallest absolute Gasteiger partial charge is 0.410 e. The predicted molar refractivity (Wildman–Crippen MR) is 76.2 cm³/mol. The molecule has 0 spiro atoms. The maximum Gasteiger partial charge on any atom is 0.410 e. The monoisotopic (exact) mass is 283 g/mol. The van der Waals surface area contributed by atoms with Gasteiger partial charge in [-0.2, -0.15) is 0 Å². The summed E-state index contributed by atoms with van der Waals surface area (Å²) in [6, 6.07) is 0. The predicted octanol–water partition coefficient (Wildman–Crippen LogP) is 1.16. The average molecular weight is 283 g/mol. The molecular weight excluding hydrogens is 258 g/mol. The van der Waals surface area contributed by atoms with Gasteiger partial charge < -0.3 is 15.0 Å². The molecule has 0 aliphatic carbocycles. The highest BCUT2D eigenvalue weighted by molar-refractivity contribution is 5.67. The molecule has 0 unspecified atom stereocenters. The summed E-state index contributed by atoms with van der Waals surface area (Å²) in [6.07, 6.45) is 2.31. The van der Waals surface area contributed by atoms with Crippen LogP contribution in [0.1, 0.15) is 32.9 Å². The molecule has 0 atom stereocenters. The van der Waals surface area contributed by atoms with Gasteiger partial charge in [0.1, 0.15) is 5.60 Å². The number of carbonyl (C=O) groups excluding carboxylic acids is 1. The first-order valence-electron chi connectivity index (χ1n) is 6.78. The molecule has 0 saturated carbocycles. The minimum Gasteiger partial charge on any atom is -0.444 e. The van der Waals surface area contributed by atoms with Gasteiger partial charge in [-0.15, -0.1) is 5.10 Å². The van der Waals surface area contributed by atoms with Crippen molar-refractivity contribution in [1.82, 2.24) is 25.2 Å². The van der Waals surface area contributed by atoms with E-state index >= 15 is 0 Å². The van der Waals surface area contributed by atoms with Crippen LogP contribution in [0.25, 0.3) is 0 Å². The van der Waals surface area contributed by atoms with Gasteiger partial charge >= 0.3 is 6.09 Å². The van der Waals surface area contributed by atoms with Gasteiger partial charge in [0.05, 0.1) is 11.9 Å². The fourth-order valence-electron chi connectivity index (χ4n) is 1.56. The van der Waals surface area contributed by atoms with Crippen molar-refractivity contribution >= 4 is 6.09 Å². The number of hydrogen-bond donors (Lipinski definition) is 1. The Morgan fingerprint density at radius 2 is 2.20 bits per heavy atom. The molecule has 1 rings (SSSR count). The van der Waals surface area contributed by atoms with Crippen LogP contribution < -0.4 is 5.32 Å². The summed E-state index contributed by atoms with van der Waals surface area (Å²) in [5.74, 6) is 0. The summed E-state index contributed by atoms with van der Waals surface area (Å²) in [5, 5.41) is 11.0. The summed E-state index contributed by atoms with van der Waals surface area (Å²) in [4.78, 5) is 13.3. The number of carbonyl (C=O) groups is 1. The van der Waals surface area contributed by atoms with E-state index in [9.17, 15) is 4.79 Å². The van der Waals surface area contributed by atoms with E-state index in [0.29, 0.717) is 6.54 Å². The van der Waals surface area contributed by atoms with E-state index < -0.39 is 5.60 Å². The Morgan fingerprint density at radius 3 is 2.75 bits per heavy atom. The molecule has 7 nitrogen and oxygen atoms in total. The second-order valence-corrected chi connectivity index (χ2v) is 5.78. The lowest BCUT2D eigenvalue weighted by Gasteiger charge is -2.24. The Kier molecular flexibility index (Phi) is 5.94. The van der Waals surface area contributed by atoms with Crippen LogP contribution >= 0.6 is 0 Å². The third kappa shape index (κ3) is 6.01. The van der Waals surface area contributed by atoms with Gasteiger partial charge in [-0.3, -0.25) is 4.68 Å². The molecule has 0 bridgehead atoms. The number of aromatic nitrogens is 3.